The summed E-state index contributed by atoms with van der Waals surface area (Å²) in [5, 5.41) is 8.34. The Morgan fingerprint density at radius 2 is 1.58 bits per heavy atom. The third-order valence-corrected chi connectivity index (χ3v) is 5.43. The zero-order valence-corrected chi connectivity index (χ0v) is 19.1. The predicted molar refractivity (Wildman–Crippen MR) is 125 cm³/mol. The topological polar surface area (TPSA) is 73.7 Å². The minimum atomic E-state index is -0.111. The van der Waals surface area contributed by atoms with Gasteiger partial charge in [-0.3, -0.25) is 9.59 Å². The predicted octanol–water partition coefficient (Wildman–Crippen LogP) is 4.77. The number of nitrogens with zero attached hydrogens (tertiary/aromatic N) is 2. The third kappa shape index (κ3) is 6.67. The Kier molecular flexibility index (Phi) is 8.79. The zero-order chi connectivity index (χ0) is 23.0. The van der Waals surface area contributed by atoms with Gasteiger partial charge in [-0.1, -0.05) is 25.5 Å². The van der Waals surface area contributed by atoms with Crippen molar-refractivity contribution in [2.45, 2.75) is 46.1 Å². The summed E-state index contributed by atoms with van der Waals surface area (Å²) in [6.07, 6.45) is 2.55. The maximum Gasteiger partial charge on any atom is 0.258 e. The van der Waals surface area contributed by atoms with Crippen molar-refractivity contribution in [2.24, 2.45) is 0 Å². The highest BCUT2D eigenvalue weighted by molar-refractivity contribution is 6.06. The molecule has 0 aliphatic rings. The largest absolute Gasteiger partial charge is 0.494 e. The lowest BCUT2D eigenvalue weighted by Crippen LogP contribution is -2.34. The molecule has 166 valence electrons. The van der Waals surface area contributed by atoms with Gasteiger partial charge >= 0.3 is 0 Å². The van der Waals surface area contributed by atoms with E-state index in [1.165, 1.54) is 6.92 Å². The van der Waals surface area contributed by atoms with E-state index in [9.17, 15) is 9.59 Å². The van der Waals surface area contributed by atoms with Crippen molar-refractivity contribution in [1.82, 2.24) is 4.90 Å². The molecule has 1 atom stereocenters. The summed E-state index contributed by atoms with van der Waals surface area (Å²) in [6.45, 7) is 6.24. The SMILES string of the molecule is CCCCOc1ccc(C(=O)N(C)c2ccc(C(=N)CC(C)N(C)C(C)=O)cc2)cc1. The summed E-state index contributed by atoms with van der Waals surface area (Å²) >= 11 is 0. The summed E-state index contributed by atoms with van der Waals surface area (Å²) < 4.78 is 5.65. The molecule has 2 rings (SSSR count). The molecule has 0 radical (unpaired) electrons. The van der Waals surface area contributed by atoms with Crippen LogP contribution in [0.3, 0.4) is 0 Å². The van der Waals surface area contributed by atoms with Crippen molar-refractivity contribution in [3.05, 3.63) is 59.7 Å². The van der Waals surface area contributed by atoms with Crippen LogP contribution in [0.25, 0.3) is 0 Å². The maximum atomic E-state index is 12.8. The highest BCUT2D eigenvalue weighted by Gasteiger charge is 2.16. The van der Waals surface area contributed by atoms with Gasteiger partial charge in [-0.15, -0.1) is 0 Å². The van der Waals surface area contributed by atoms with Crippen molar-refractivity contribution < 1.29 is 14.3 Å². The van der Waals surface area contributed by atoms with E-state index in [1.54, 1.807) is 36.0 Å². The lowest BCUT2D eigenvalue weighted by Gasteiger charge is -2.24. The van der Waals surface area contributed by atoms with Gasteiger partial charge in [0.25, 0.3) is 5.91 Å². The second-order valence-corrected chi connectivity index (χ2v) is 7.80. The number of amides is 2. The van der Waals surface area contributed by atoms with E-state index in [0.29, 0.717) is 24.3 Å². The van der Waals surface area contributed by atoms with Crippen LogP contribution in [-0.2, 0) is 4.79 Å². The van der Waals surface area contributed by atoms with E-state index >= 15 is 0 Å². The molecule has 2 aromatic carbocycles. The number of rotatable bonds is 10. The van der Waals surface area contributed by atoms with Gasteiger partial charge in [0.1, 0.15) is 5.75 Å². The summed E-state index contributed by atoms with van der Waals surface area (Å²) in [7, 11) is 3.48. The van der Waals surface area contributed by atoms with Gasteiger partial charge in [-0.05, 0) is 55.3 Å². The standard InChI is InChI=1S/C25H33N3O3/c1-6-7-16-31-23-14-10-21(11-15-23)25(30)28(5)22-12-8-20(9-13-22)24(26)17-18(2)27(4)19(3)29/h8-15,18,26H,6-7,16-17H2,1-5H3. The molecule has 0 saturated heterocycles. The van der Waals surface area contributed by atoms with Gasteiger partial charge in [0.2, 0.25) is 5.91 Å². The highest BCUT2D eigenvalue weighted by Crippen LogP contribution is 2.20. The Balaban J connectivity index is 2.00. The molecule has 1 N–H and O–H groups in total. The summed E-state index contributed by atoms with van der Waals surface area (Å²) in [6, 6.07) is 14.5. The van der Waals surface area contributed by atoms with Crippen molar-refractivity contribution in [3.63, 3.8) is 0 Å². The van der Waals surface area contributed by atoms with Gasteiger partial charge in [0.05, 0.1) is 6.61 Å². The van der Waals surface area contributed by atoms with Crippen molar-refractivity contribution in [1.29, 1.82) is 5.41 Å². The van der Waals surface area contributed by atoms with E-state index in [4.69, 9.17) is 10.1 Å². The number of carbonyl (C=O) groups is 2. The first-order valence-electron chi connectivity index (χ1n) is 10.7. The maximum absolute atomic E-state index is 12.8. The molecule has 0 aliphatic heterocycles. The fourth-order valence-corrected chi connectivity index (χ4v) is 3.09. The number of unbranched alkanes of at least 4 members (excludes halogenated alkanes) is 1. The van der Waals surface area contributed by atoms with Crippen LogP contribution < -0.4 is 9.64 Å². The van der Waals surface area contributed by atoms with Crippen LogP contribution in [0.15, 0.2) is 48.5 Å². The van der Waals surface area contributed by atoms with Crippen LogP contribution in [0.5, 0.6) is 5.75 Å². The van der Waals surface area contributed by atoms with Crippen molar-refractivity contribution >= 4 is 23.2 Å². The molecule has 1 unspecified atom stereocenters. The van der Waals surface area contributed by atoms with Crippen LogP contribution in [0.1, 0.15) is 56.0 Å². The van der Waals surface area contributed by atoms with Gasteiger partial charge in [0.15, 0.2) is 0 Å². The average Bonchev–Trinajstić information content (AvgIpc) is 2.78. The first kappa shape index (κ1) is 24.1. The number of carbonyl (C=O) groups excluding carboxylic acids is 2. The van der Waals surface area contributed by atoms with E-state index in [2.05, 4.69) is 6.92 Å². The van der Waals surface area contributed by atoms with Crippen LogP contribution in [0, 0.1) is 5.41 Å². The van der Waals surface area contributed by atoms with Gasteiger partial charge in [0, 0.05) is 50.4 Å². The number of nitrogens with one attached hydrogen (secondary N) is 1. The fourth-order valence-electron chi connectivity index (χ4n) is 3.09. The Morgan fingerprint density at radius 1 is 1.00 bits per heavy atom. The normalized spacial score (nSPS) is 11.5. The Hall–Kier alpha value is -3.15. The van der Waals surface area contributed by atoms with Gasteiger partial charge in [-0.2, -0.15) is 0 Å². The van der Waals surface area contributed by atoms with Crippen LogP contribution in [0.4, 0.5) is 5.69 Å². The summed E-state index contributed by atoms with van der Waals surface area (Å²) in [4.78, 5) is 27.5. The molecule has 2 aromatic rings. The number of hydrogen-bond donors (Lipinski definition) is 1. The van der Waals surface area contributed by atoms with Gasteiger partial charge in [-0.25, -0.2) is 0 Å². The molecule has 0 fully saturated rings. The van der Waals surface area contributed by atoms with E-state index in [0.717, 1.165) is 29.8 Å². The molecule has 0 bridgehead atoms. The molecule has 6 nitrogen and oxygen atoms in total. The van der Waals surface area contributed by atoms with E-state index in [1.807, 2.05) is 43.3 Å². The molecular weight excluding hydrogens is 390 g/mol. The molecule has 0 spiro atoms. The number of benzene rings is 2. The molecule has 0 aromatic heterocycles. The molecule has 0 heterocycles. The number of hydrogen-bond acceptors (Lipinski definition) is 4. The van der Waals surface area contributed by atoms with Crippen molar-refractivity contribution in [3.8, 4) is 5.75 Å². The van der Waals surface area contributed by atoms with Crippen LogP contribution in [0.2, 0.25) is 0 Å². The smallest absolute Gasteiger partial charge is 0.258 e. The average molecular weight is 424 g/mol. The van der Waals surface area contributed by atoms with Crippen LogP contribution >= 0.6 is 0 Å². The zero-order valence-electron chi connectivity index (χ0n) is 19.1. The molecule has 6 heteroatoms. The van der Waals surface area contributed by atoms with Crippen LogP contribution in [-0.4, -0.2) is 49.2 Å². The lowest BCUT2D eigenvalue weighted by atomic mass is 10.0. The quantitative estimate of drug-likeness (QED) is 0.442. The summed E-state index contributed by atoms with van der Waals surface area (Å²) in [5.74, 6) is 0.635. The molecular formula is C25H33N3O3. The number of ether oxygens (including phenoxy) is 1. The highest BCUT2D eigenvalue weighted by atomic mass is 16.5. The second-order valence-electron chi connectivity index (χ2n) is 7.80. The number of anilines is 1. The first-order chi connectivity index (χ1) is 14.7. The molecule has 0 saturated carbocycles. The monoisotopic (exact) mass is 423 g/mol. The fraction of sp³-hybridized carbons (Fsp3) is 0.400. The minimum Gasteiger partial charge on any atom is -0.494 e. The molecule has 2 amide bonds. The Labute approximate surface area is 185 Å². The lowest BCUT2D eigenvalue weighted by molar-refractivity contribution is -0.129. The minimum absolute atomic E-state index is 0.0173. The Bertz CT molecular complexity index is 891. The summed E-state index contributed by atoms with van der Waals surface area (Å²) in [5.41, 5.74) is 2.57. The third-order valence-electron chi connectivity index (χ3n) is 5.43. The molecule has 31 heavy (non-hydrogen) atoms. The van der Waals surface area contributed by atoms with Gasteiger partial charge < -0.3 is 19.9 Å². The van der Waals surface area contributed by atoms with E-state index in [-0.39, 0.29) is 17.9 Å². The Morgan fingerprint density at radius 3 is 2.13 bits per heavy atom. The van der Waals surface area contributed by atoms with E-state index < -0.39 is 0 Å². The second kappa shape index (κ2) is 11.3. The van der Waals surface area contributed by atoms with Crippen molar-refractivity contribution in [2.75, 3.05) is 25.6 Å². The molecule has 0 aliphatic carbocycles. The first-order valence-corrected chi connectivity index (χ1v) is 10.7.